The van der Waals surface area contributed by atoms with E-state index in [0.29, 0.717) is 11.1 Å². The average molecular weight is 1060 g/mol. The van der Waals surface area contributed by atoms with Crippen molar-refractivity contribution in [3.8, 4) is 0 Å². The molecule has 0 bridgehead atoms. The molecule has 0 unspecified atom stereocenters. The van der Waals surface area contributed by atoms with E-state index < -0.39 is 76.8 Å². The molecule has 0 saturated carbocycles. The monoisotopic (exact) mass is 1050 g/mol. The minimum Gasteiger partial charge on any atom is -0.370 e. The Hall–Kier alpha value is -8.64. The summed E-state index contributed by atoms with van der Waals surface area (Å²) in [4.78, 5) is 125. The second-order valence-electron chi connectivity index (χ2n) is 16.3. The minimum absolute atomic E-state index is 0.00265. The summed E-state index contributed by atoms with van der Waals surface area (Å²) in [6.45, 7) is 0.356. The molecule has 0 aliphatic carbocycles. The molecule has 1 aliphatic rings. The number of benzene rings is 1. The van der Waals surface area contributed by atoms with Gasteiger partial charge in [0, 0.05) is 38.8 Å². The second-order valence-corrected chi connectivity index (χ2v) is 17.3. The SMILES string of the molecule is NC(=O)[C@H](CCCN=C(N)N)NC(=O)[C@H](CCCN=C(N)N)NC(=O)[C@H](CCCN=C(N)N)NC(=O)[C@H](CCCN=C(N)N)NC(=O)[C@H](CCCN=C(N)N)NC(=O)C=Cc1ccc(C=C2SC(=O)NC2=O)cc1. The normalized spacial score (nSPS) is 14.4. The van der Waals surface area contributed by atoms with Crippen LogP contribution in [0.4, 0.5) is 4.79 Å². The highest BCUT2D eigenvalue weighted by Gasteiger charge is 2.32. The maximum Gasteiger partial charge on any atom is 0.290 e. The Kier molecular flexibility index (Phi) is 27.5. The first kappa shape index (κ1) is 61.5. The number of nitrogens with zero attached hydrogens (tertiary/aromatic N) is 5. The molecular formula is C43H70N22O8S. The number of hydrogen-bond donors (Lipinski definition) is 17. The standard InChI is InChI=1S/C43H70N22O8S/c44-32(67)25(6-1-17-55-38(45)46)61-34(69)27(8-3-19-57-40(49)50)63-36(71)29(10-5-21-59-42(53)54)64-35(70)28(9-4-20-58-41(51)52)62-33(68)26(7-2-18-56-39(47)48)60-31(66)16-15-23-11-13-24(14-12-23)22-30-37(72)65-43(73)74-30/h11-16,22,25-29H,1-10,17-21H2,(H2,44,67)(H,60,66)(H,61,69)(H,62,68)(H,63,71)(H,64,70)(H4,45,46,55)(H4,47,48,56)(H4,49,50,57)(H4,51,52,58)(H4,53,54,59)(H,65,72,73)/t25-,26-,27-,28-,29-/m0/s1. The predicted octanol–water partition coefficient (Wildman–Crippen LogP) is -5.80. The summed E-state index contributed by atoms with van der Waals surface area (Å²) in [6, 6.07) is 0.160. The van der Waals surface area contributed by atoms with E-state index in [-0.39, 0.29) is 132 Å². The van der Waals surface area contributed by atoms with Crippen LogP contribution in [0.3, 0.4) is 0 Å². The first-order valence-corrected chi connectivity index (χ1v) is 24.0. The highest BCUT2D eigenvalue weighted by atomic mass is 32.2. The summed E-state index contributed by atoms with van der Waals surface area (Å²) in [7, 11) is 0. The number of nitrogens with two attached hydrogens (primary N) is 11. The predicted molar refractivity (Wildman–Crippen MR) is 283 cm³/mol. The van der Waals surface area contributed by atoms with Crippen molar-refractivity contribution in [1.29, 1.82) is 0 Å². The molecular weight excluding hydrogens is 985 g/mol. The number of aliphatic imine (C=N–C) groups is 5. The van der Waals surface area contributed by atoms with Crippen molar-refractivity contribution in [2.45, 2.75) is 94.4 Å². The van der Waals surface area contributed by atoms with E-state index in [2.05, 4.69) is 56.9 Å². The van der Waals surface area contributed by atoms with Gasteiger partial charge in [0.05, 0.1) is 4.91 Å². The Morgan fingerprint density at radius 2 is 0.784 bits per heavy atom. The fourth-order valence-electron chi connectivity index (χ4n) is 6.64. The first-order chi connectivity index (χ1) is 35.0. The van der Waals surface area contributed by atoms with Crippen LogP contribution in [0.1, 0.15) is 75.3 Å². The zero-order chi connectivity index (χ0) is 55.2. The molecule has 2 rings (SSSR count). The quantitative estimate of drug-likeness (QED) is 0.0135. The van der Waals surface area contributed by atoms with Gasteiger partial charge in [-0.3, -0.25) is 68.6 Å². The number of imide groups is 1. The topological polar surface area (TPSA) is 557 Å². The number of amides is 8. The Morgan fingerprint density at radius 1 is 0.473 bits per heavy atom. The summed E-state index contributed by atoms with van der Waals surface area (Å²) < 4.78 is 0. The van der Waals surface area contributed by atoms with Gasteiger partial charge in [-0.2, -0.15) is 0 Å². The lowest BCUT2D eigenvalue weighted by atomic mass is 10.0. The fourth-order valence-corrected chi connectivity index (χ4v) is 7.32. The van der Waals surface area contributed by atoms with Crippen LogP contribution in [0, 0.1) is 0 Å². The maximum atomic E-state index is 14.3. The Bertz CT molecular complexity index is 2320. The molecule has 8 amide bonds. The Balaban J connectivity index is 2.44. The molecule has 0 spiro atoms. The van der Waals surface area contributed by atoms with Gasteiger partial charge in [-0.05, 0) is 99.2 Å². The largest absolute Gasteiger partial charge is 0.370 e. The Labute approximate surface area is 430 Å². The Morgan fingerprint density at radius 3 is 1.09 bits per heavy atom. The number of thioether (sulfide) groups is 1. The number of nitrogens with one attached hydrogen (secondary N) is 6. The van der Waals surface area contributed by atoms with E-state index in [1.165, 1.54) is 12.2 Å². The second kappa shape index (κ2) is 33.1. The summed E-state index contributed by atoms with van der Waals surface area (Å²) in [5.41, 5.74) is 61.5. The molecule has 1 aromatic carbocycles. The third kappa shape index (κ3) is 26.0. The molecule has 1 fully saturated rings. The molecule has 406 valence electrons. The molecule has 0 aromatic heterocycles. The highest BCUT2D eigenvalue weighted by molar-refractivity contribution is 8.18. The van der Waals surface area contributed by atoms with Crippen LogP contribution in [0.5, 0.6) is 0 Å². The number of guanidine groups is 5. The first-order valence-electron chi connectivity index (χ1n) is 23.2. The van der Waals surface area contributed by atoms with Gasteiger partial charge in [0.1, 0.15) is 30.2 Å². The summed E-state index contributed by atoms with van der Waals surface area (Å²) >= 11 is 0.772. The van der Waals surface area contributed by atoms with Gasteiger partial charge >= 0.3 is 0 Å². The van der Waals surface area contributed by atoms with Crippen LogP contribution >= 0.6 is 11.8 Å². The molecule has 1 aromatic rings. The van der Waals surface area contributed by atoms with E-state index in [0.717, 1.165) is 11.8 Å². The lowest BCUT2D eigenvalue weighted by Crippen LogP contribution is -2.59. The molecule has 30 nitrogen and oxygen atoms in total. The number of primary amides is 1. The lowest BCUT2D eigenvalue weighted by Gasteiger charge is -2.27. The van der Waals surface area contributed by atoms with Crippen molar-refractivity contribution in [2.75, 3.05) is 32.7 Å². The third-order valence-electron chi connectivity index (χ3n) is 10.2. The number of carbonyl (C=O) groups is 8. The van der Waals surface area contributed by atoms with Crippen molar-refractivity contribution in [3.05, 3.63) is 46.4 Å². The van der Waals surface area contributed by atoms with E-state index >= 15 is 0 Å². The summed E-state index contributed by atoms with van der Waals surface area (Å²) in [6.07, 6.45) is 4.95. The maximum absolute atomic E-state index is 14.3. The van der Waals surface area contributed by atoms with Gasteiger partial charge in [0.2, 0.25) is 35.4 Å². The average Bonchev–Trinajstić information content (AvgIpc) is 3.64. The van der Waals surface area contributed by atoms with Crippen molar-refractivity contribution >= 4 is 100 Å². The van der Waals surface area contributed by atoms with Crippen LogP contribution in [-0.4, -0.2) is 139 Å². The molecule has 1 heterocycles. The molecule has 5 atom stereocenters. The smallest absolute Gasteiger partial charge is 0.290 e. The molecule has 0 radical (unpaired) electrons. The van der Waals surface area contributed by atoms with Crippen LogP contribution in [0.25, 0.3) is 12.2 Å². The van der Waals surface area contributed by atoms with E-state index in [1.54, 1.807) is 30.3 Å². The number of rotatable bonds is 33. The molecule has 1 aliphatic heterocycles. The summed E-state index contributed by atoms with van der Waals surface area (Å²) in [5, 5.41) is 14.9. The number of hydrogen-bond acceptors (Lipinski definition) is 14. The van der Waals surface area contributed by atoms with Crippen molar-refractivity contribution in [2.24, 2.45) is 88.0 Å². The van der Waals surface area contributed by atoms with Gasteiger partial charge in [-0.1, -0.05) is 24.3 Å². The third-order valence-corrected chi connectivity index (χ3v) is 11.0. The van der Waals surface area contributed by atoms with Gasteiger partial charge in [-0.15, -0.1) is 0 Å². The van der Waals surface area contributed by atoms with E-state index in [9.17, 15) is 38.4 Å². The lowest BCUT2D eigenvalue weighted by molar-refractivity contribution is -0.135. The van der Waals surface area contributed by atoms with E-state index in [1.807, 2.05) is 0 Å². The number of carbonyl (C=O) groups excluding carboxylic acids is 8. The zero-order valence-electron chi connectivity index (χ0n) is 40.8. The summed E-state index contributed by atoms with van der Waals surface area (Å²) in [5.74, 6) is -6.39. The molecule has 74 heavy (non-hydrogen) atoms. The minimum atomic E-state index is -1.38. The van der Waals surface area contributed by atoms with Crippen molar-refractivity contribution in [3.63, 3.8) is 0 Å². The zero-order valence-corrected chi connectivity index (χ0v) is 41.6. The van der Waals surface area contributed by atoms with Gasteiger partial charge in [0.25, 0.3) is 11.1 Å². The molecule has 31 heteroatoms. The van der Waals surface area contributed by atoms with Crippen molar-refractivity contribution < 1.29 is 38.4 Å². The highest BCUT2D eigenvalue weighted by Crippen LogP contribution is 2.25. The van der Waals surface area contributed by atoms with Gasteiger partial charge < -0.3 is 89.7 Å². The van der Waals surface area contributed by atoms with Gasteiger partial charge in [0.15, 0.2) is 29.8 Å². The van der Waals surface area contributed by atoms with Crippen LogP contribution in [-0.2, 0) is 33.6 Å². The molecule has 28 N–H and O–H groups in total. The van der Waals surface area contributed by atoms with Gasteiger partial charge in [-0.25, -0.2) is 0 Å². The van der Waals surface area contributed by atoms with Crippen LogP contribution in [0.2, 0.25) is 0 Å². The molecule has 1 saturated heterocycles. The van der Waals surface area contributed by atoms with Crippen molar-refractivity contribution in [1.82, 2.24) is 31.9 Å². The van der Waals surface area contributed by atoms with Crippen LogP contribution < -0.4 is 95.0 Å². The van der Waals surface area contributed by atoms with Crippen LogP contribution in [0.15, 0.2) is 60.2 Å². The van der Waals surface area contributed by atoms with E-state index in [4.69, 9.17) is 63.1 Å². The fraction of sp³-hybridized carbons (Fsp3) is 0.465.